The molecule has 96 valence electrons. The first kappa shape index (κ1) is 11.9. The lowest BCUT2D eigenvalue weighted by Crippen LogP contribution is -2.33. The van der Waals surface area contributed by atoms with Crippen LogP contribution < -0.4 is 4.57 Å². The molecule has 1 aliphatic rings. The van der Waals surface area contributed by atoms with Crippen molar-refractivity contribution in [3.05, 3.63) is 53.2 Å². The Morgan fingerprint density at radius 1 is 1.21 bits per heavy atom. The topological polar surface area (TPSA) is 24.2 Å². The summed E-state index contributed by atoms with van der Waals surface area (Å²) in [4.78, 5) is 14.3. The number of pyridine rings is 1. The molecule has 1 aromatic carbocycles. The molecule has 3 nitrogen and oxygen atoms in total. The number of nitrogens with zero attached hydrogens (tertiary/aromatic N) is 2. The number of amides is 1. The quantitative estimate of drug-likeness (QED) is 0.660. The van der Waals surface area contributed by atoms with Gasteiger partial charge in [0.05, 0.1) is 5.56 Å². The molecule has 1 aromatic heterocycles. The first-order chi connectivity index (χ1) is 9.09. The number of aryl methyl sites for hydroxylation is 2. The zero-order valence-electron chi connectivity index (χ0n) is 11.5. The Labute approximate surface area is 113 Å². The molecule has 0 bridgehead atoms. The zero-order valence-corrected chi connectivity index (χ0v) is 11.5. The van der Waals surface area contributed by atoms with Gasteiger partial charge < -0.3 is 4.90 Å². The fourth-order valence-electron chi connectivity index (χ4n) is 2.83. The van der Waals surface area contributed by atoms with Gasteiger partial charge in [0.15, 0.2) is 6.20 Å². The standard InChI is InChI=1S/C16H17N2O/c1-11-6-4-7-12-10-18(3)16(19)13-8-5-9-17(2)15(13)14(11)12/h4-9H,10H2,1-3H3/q+1. The molecule has 0 fully saturated rings. The number of hydrogen-bond acceptors (Lipinski definition) is 1. The largest absolute Gasteiger partial charge is 0.337 e. The molecular weight excluding hydrogens is 236 g/mol. The Bertz CT molecular complexity index is 676. The van der Waals surface area contributed by atoms with Crippen molar-refractivity contribution in [3.8, 4) is 11.3 Å². The minimum atomic E-state index is 0.0850. The number of aromatic nitrogens is 1. The molecule has 0 saturated heterocycles. The van der Waals surface area contributed by atoms with Crippen LogP contribution in [0, 0.1) is 6.92 Å². The van der Waals surface area contributed by atoms with Gasteiger partial charge in [0.2, 0.25) is 5.69 Å². The third-order valence-electron chi connectivity index (χ3n) is 3.76. The van der Waals surface area contributed by atoms with E-state index >= 15 is 0 Å². The first-order valence-corrected chi connectivity index (χ1v) is 6.42. The van der Waals surface area contributed by atoms with E-state index < -0.39 is 0 Å². The van der Waals surface area contributed by atoms with Gasteiger partial charge in [0.1, 0.15) is 12.6 Å². The monoisotopic (exact) mass is 253 g/mol. The van der Waals surface area contributed by atoms with E-state index in [0.29, 0.717) is 6.54 Å². The molecular formula is C16H17N2O+. The van der Waals surface area contributed by atoms with E-state index in [1.165, 1.54) is 16.7 Å². The second-order valence-electron chi connectivity index (χ2n) is 5.15. The van der Waals surface area contributed by atoms with Crippen molar-refractivity contribution in [2.75, 3.05) is 7.05 Å². The van der Waals surface area contributed by atoms with Crippen molar-refractivity contribution in [3.63, 3.8) is 0 Å². The van der Waals surface area contributed by atoms with Crippen LogP contribution in [-0.2, 0) is 13.6 Å². The Balaban J connectivity index is 2.43. The number of fused-ring (bicyclic) bond motifs is 3. The fourth-order valence-corrected chi connectivity index (χ4v) is 2.83. The first-order valence-electron chi connectivity index (χ1n) is 6.42. The Hall–Kier alpha value is -2.16. The van der Waals surface area contributed by atoms with Crippen molar-refractivity contribution in [2.24, 2.45) is 7.05 Å². The number of hydrogen-bond donors (Lipinski definition) is 0. The molecule has 0 N–H and O–H groups in total. The third-order valence-corrected chi connectivity index (χ3v) is 3.76. The summed E-state index contributed by atoms with van der Waals surface area (Å²) in [6.45, 7) is 2.76. The van der Waals surface area contributed by atoms with E-state index in [9.17, 15) is 4.79 Å². The van der Waals surface area contributed by atoms with Gasteiger partial charge in [-0.2, -0.15) is 0 Å². The lowest BCUT2D eigenvalue weighted by molar-refractivity contribution is -0.660. The van der Waals surface area contributed by atoms with Crippen molar-refractivity contribution in [2.45, 2.75) is 13.5 Å². The maximum absolute atomic E-state index is 12.5. The van der Waals surface area contributed by atoms with Crippen LogP contribution in [0.5, 0.6) is 0 Å². The number of carbonyl (C=O) groups excluding carboxylic acids is 1. The van der Waals surface area contributed by atoms with Crippen molar-refractivity contribution in [1.82, 2.24) is 4.90 Å². The summed E-state index contributed by atoms with van der Waals surface area (Å²) in [5.41, 5.74) is 5.41. The van der Waals surface area contributed by atoms with E-state index in [-0.39, 0.29) is 5.91 Å². The second-order valence-corrected chi connectivity index (χ2v) is 5.15. The summed E-state index contributed by atoms with van der Waals surface area (Å²) in [7, 11) is 3.85. The van der Waals surface area contributed by atoms with Crippen LogP contribution in [0.4, 0.5) is 0 Å². The molecule has 0 saturated carbocycles. The Morgan fingerprint density at radius 3 is 2.79 bits per heavy atom. The van der Waals surface area contributed by atoms with Gasteiger partial charge in [0.25, 0.3) is 5.91 Å². The molecule has 1 aliphatic heterocycles. The van der Waals surface area contributed by atoms with E-state index in [1.54, 1.807) is 4.90 Å². The molecule has 0 unspecified atom stereocenters. The van der Waals surface area contributed by atoms with Crippen LogP contribution in [0.3, 0.4) is 0 Å². The van der Waals surface area contributed by atoms with Crippen LogP contribution in [0.15, 0.2) is 36.5 Å². The number of rotatable bonds is 0. The summed E-state index contributed by atoms with van der Waals surface area (Å²) >= 11 is 0. The highest BCUT2D eigenvalue weighted by Gasteiger charge is 2.30. The molecule has 0 spiro atoms. The van der Waals surface area contributed by atoms with Gasteiger partial charge in [-0.15, -0.1) is 0 Å². The Kier molecular flexibility index (Phi) is 2.63. The molecule has 0 aliphatic carbocycles. The van der Waals surface area contributed by atoms with Gasteiger partial charge in [-0.05, 0) is 24.1 Å². The van der Waals surface area contributed by atoms with Gasteiger partial charge in [0, 0.05) is 19.7 Å². The molecule has 0 radical (unpaired) electrons. The lowest BCUT2D eigenvalue weighted by atomic mass is 9.96. The molecule has 2 aromatic rings. The maximum Gasteiger partial charge on any atom is 0.260 e. The molecule has 3 rings (SSSR count). The molecule has 19 heavy (non-hydrogen) atoms. The van der Waals surface area contributed by atoms with Gasteiger partial charge in [-0.25, -0.2) is 4.57 Å². The summed E-state index contributed by atoms with van der Waals surface area (Å²) < 4.78 is 2.04. The van der Waals surface area contributed by atoms with E-state index in [0.717, 1.165) is 11.3 Å². The second kappa shape index (κ2) is 4.19. The Morgan fingerprint density at radius 2 is 2.00 bits per heavy atom. The minimum absolute atomic E-state index is 0.0850. The van der Waals surface area contributed by atoms with E-state index in [2.05, 4.69) is 25.1 Å². The van der Waals surface area contributed by atoms with Crippen LogP contribution in [0.1, 0.15) is 21.5 Å². The lowest BCUT2D eigenvalue weighted by Gasteiger charge is -2.14. The maximum atomic E-state index is 12.5. The van der Waals surface area contributed by atoms with Crippen molar-refractivity contribution < 1.29 is 9.36 Å². The van der Waals surface area contributed by atoms with Crippen LogP contribution in [0.2, 0.25) is 0 Å². The van der Waals surface area contributed by atoms with E-state index in [4.69, 9.17) is 0 Å². The van der Waals surface area contributed by atoms with E-state index in [1.807, 2.05) is 37.0 Å². The highest BCUT2D eigenvalue weighted by atomic mass is 16.2. The smallest absolute Gasteiger partial charge is 0.260 e. The predicted molar refractivity (Wildman–Crippen MR) is 73.6 cm³/mol. The highest BCUT2D eigenvalue weighted by Crippen LogP contribution is 2.31. The SMILES string of the molecule is Cc1cccc2c1-c1c(ccc[n+]1C)C(=O)N(C)C2. The minimum Gasteiger partial charge on any atom is -0.337 e. The van der Waals surface area contributed by atoms with Crippen molar-refractivity contribution in [1.29, 1.82) is 0 Å². The zero-order chi connectivity index (χ0) is 13.6. The number of carbonyl (C=O) groups is 1. The average molecular weight is 253 g/mol. The predicted octanol–water partition coefficient (Wildman–Crippen LogP) is 2.07. The summed E-state index contributed by atoms with van der Waals surface area (Å²) in [6.07, 6.45) is 1.99. The fraction of sp³-hybridized carbons (Fsp3) is 0.250. The average Bonchev–Trinajstić information content (AvgIpc) is 2.49. The normalized spacial score (nSPS) is 13.8. The van der Waals surface area contributed by atoms with Crippen LogP contribution in [-0.4, -0.2) is 17.9 Å². The molecule has 0 atom stereocenters. The summed E-state index contributed by atoms with van der Waals surface area (Å²) in [5, 5.41) is 0. The van der Waals surface area contributed by atoms with Crippen LogP contribution in [0.25, 0.3) is 11.3 Å². The van der Waals surface area contributed by atoms with Gasteiger partial charge in [-0.3, -0.25) is 4.79 Å². The van der Waals surface area contributed by atoms with Crippen molar-refractivity contribution >= 4 is 5.91 Å². The summed E-state index contributed by atoms with van der Waals surface area (Å²) in [5.74, 6) is 0.0850. The molecule has 1 amide bonds. The third kappa shape index (κ3) is 1.73. The highest BCUT2D eigenvalue weighted by molar-refractivity contribution is 6.00. The molecule has 2 heterocycles. The summed E-state index contributed by atoms with van der Waals surface area (Å²) in [6, 6.07) is 10.1. The number of benzene rings is 1. The molecule has 3 heteroatoms. The van der Waals surface area contributed by atoms with Gasteiger partial charge >= 0.3 is 0 Å². The van der Waals surface area contributed by atoms with Gasteiger partial charge in [-0.1, -0.05) is 18.2 Å². The van der Waals surface area contributed by atoms with Crippen LogP contribution >= 0.6 is 0 Å².